The van der Waals surface area contributed by atoms with Crippen LogP contribution in [0.5, 0.6) is 11.5 Å². The molecule has 2 rings (SSSR count). The molecule has 19 heavy (non-hydrogen) atoms. The van der Waals surface area contributed by atoms with E-state index in [9.17, 15) is 9.90 Å². The number of halogens is 1. The summed E-state index contributed by atoms with van der Waals surface area (Å²) < 4.78 is 16.3. The topological polar surface area (TPSA) is 85.2 Å². The Morgan fingerprint density at radius 3 is 2.63 bits per heavy atom. The average molecular weight is 333 g/mol. The molecule has 0 saturated carbocycles. The van der Waals surface area contributed by atoms with Gasteiger partial charge in [0.25, 0.3) is 0 Å². The van der Waals surface area contributed by atoms with Crippen LogP contribution in [0.1, 0.15) is 11.7 Å². The highest BCUT2D eigenvalue weighted by molar-refractivity contribution is 9.10. The van der Waals surface area contributed by atoms with Gasteiger partial charge in [-0.25, -0.2) is 4.79 Å². The molecule has 1 heterocycles. The zero-order chi connectivity index (χ0) is 13.8. The number of rotatable bonds is 5. The van der Waals surface area contributed by atoms with Crippen LogP contribution < -0.4 is 9.47 Å². The molecule has 7 heteroatoms. The van der Waals surface area contributed by atoms with Crippen LogP contribution in [0.3, 0.4) is 0 Å². The zero-order valence-electron chi connectivity index (χ0n) is 9.97. The fraction of sp³-hybridized carbons (Fsp3) is 0.417. The smallest absolute Gasteiger partial charge is 0.329 e. The molecular weight excluding hydrogens is 320 g/mol. The fourth-order valence-electron chi connectivity index (χ4n) is 1.68. The second-order valence-electron chi connectivity index (χ2n) is 3.94. The summed E-state index contributed by atoms with van der Waals surface area (Å²) in [5, 5.41) is 18.4. The zero-order valence-corrected chi connectivity index (χ0v) is 11.6. The van der Waals surface area contributed by atoms with Crippen molar-refractivity contribution >= 4 is 21.9 Å². The lowest BCUT2D eigenvalue weighted by Crippen LogP contribution is -2.17. The highest BCUT2D eigenvalue weighted by atomic mass is 79.9. The predicted octanol–water partition coefficient (Wildman–Crippen LogP) is 1.35. The molecule has 104 valence electrons. The molecule has 1 atom stereocenters. The lowest BCUT2D eigenvalue weighted by molar-refractivity contribution is -0.143. The summed E-state index contributed by atoms with van der Waals surface area (Å²) in [7, 11) is 0. The molecule has 0 radical (unpaired) electrons. The van der Waals surface area contributed by atoms with Crippen LogP contribution in [-0.4, -0.2) is 42.6 Å². The second kappa shape index (κ2) is 6.23. The maximum atomic E-state index is 10.3. The Morgan fingerprint density at radius 2 is 2.00 bits per heavy atom. The largest absolute Gasteiger partial charge is 0.486 e. The van der Waals surface area contributed by atoms with Crippen molar-refractivity contribution in [1.82, 2.24) is 0 Å². The van der Waals surface area contributed by atoms with Gasteiger partial charge >= 0.3 is 5.97 Å². The first kappa shape index (κ1) is 14.1. The first-order valence-corrected chi connectivity index (χ1v) is 6.44. The van der Waals surface area contributed by atoms with Crippen molar-refractivity contribution in [2.45, 2.75) is 6.10 Å². The van der Waals surface area contributed by atoms with Gasteiger partial charge in [-0.2, -0.15) is 0 Å². The summed E-state index contributed by atoms with van der Waals surface area (Å²) in [5.74, 6) is 0.0932. The van der Waals surface area contributed by atoms with E-state index in [-0.39, 0.29) is 6.61 Å². The molecule has 1 aromatic rings. The molecule has 1 aromatic carbocycles. The van der Waals surface area contributed by atoms with Crippen molar-refractivity contribution in [1.29, 1.82) is 0 Å². The van der Waals surface area contributed by atoms with Gasteiger partial charge in [0.2, 0.25) is 0 Å². The van der Waals surface area contributed by atoms with Crippen LogP contribution in [0.15, 0.2) is 16.6 Å². The minimum absolute atomic E-state index is 0.107. The Kier molecular flexibility index (Phi) is 4.62. The number of carboxylic acid groups (broad SMARTS) is 1. The van der Waals surface area contributed by atoms with Gasteiger partial charge in [-0.1, -0.05) is 15.9 Å². The fourth-order valence-corrected chi connectivity index (χ4v) is 2.27. The van der Waals surface area contributed by atoms with Gasteiger partial charge in [0.15, 0.2) is 11.5 Å². The SMILES string of the molecule is O=C(O)COCC(O)c1cc2c(cc1Br)OCCO2. The molecule has 1 unspecified atom stereocenters. The van der Waals surface area contributed by atoms with Crippen LogP contribution in [0.2, 0.25) is 0 Å². The van der Waals surface area contributed by atoms with E-state index in [4.69, 9.17) is 19.3 Å². The van der Waals surface area contributed by atoms with E-state index >= 15 is 0 Å². The molecular formula is C12H13BrO6. The van der Waals surface area contributed by atoms with Crippen molar-refractivity contribution in [3.8, 4) is 11.5 Å². The van der Waals surface area contributed by atoms with Crippen LogP contribution in [0.4, 0.5) is 0 Å². The van der Waals surface area contributed by atoms with E-state index in [1.807, 2.05) is 0 Å². The van der Waals surface area contributed by atoms with Gasteiger partial charge in [0, 0.05) is 10.0 Å². The predicted molar refractivity (Wildman–Crippen MR) is 68.5 cm³/mol. The lowest BCUT2D eigenvalue weighted by atomic mass is 10.1. The Bertz CT molecular complexity index is 476. The quantitative estimate of drug-likeness (QED) is 0.846. The number of carbonyl (C=O) groups is 1. The van der Waals surface area contributed by atoms with Gasteiger partial charge in [-0.05, 0) is 12.1 Å². The van der Waals surface area contributed by atoms with Crippen LogP contribution in [0.25, 0.3) is 0 Å². The van der Waals surface area contributed by atoms with E-state index in [1.165, 1.54) is 0 Å². The third kappa shape index (κ3) is 3.59. The average Bonchev–Trinajstić information content (AvgIpc) is 2.37. The van der Waals surface area contributed by atoms with E-state index in [2.05, 4.69) is 15.9 Å². The molecule has 2 N–H and O–H groups in total. The normalized spacial score (nSPS) is 15.1. The second-order valence-corrected chi connectivity index (χ2v) is 4.80. The van der Waals surface area contributed by atoms with Gasteiger partial charge < -0.3 is 24.4 Å². The minimum Gasteiger partial charge on any atom is -0.486 e. The van der Waals surface area contributed by atoms with Gasteiger partial charge in [-0.15, -0.1) is 0 Å². The lowest BCUT2D eigenvalue weighted by Gasteiger charge is -2.21. The van der Waals surface area contributed by atoms with Crippen molar-refractivity contribution in [2.75, 3.05) is 26.4 Å². The summed E-state index contributed by atoms with van der Waals surface area (Å²) in [6, 6.07) is 3.37. The van der Waals surface area contributed by atoms with Crippen molar-refractivity contribution in [3.05, 3.63) is 22.2 Å². The number of aliphatic carboxylic acids is 1. The molecule has 1 aliphatic heterocycles. The van der Waals surface area contributed by atoms with Crippen LogP contribution >= 0.6 is 15.9 Å². The number of fused-ring (bicyclic) bond motifs is 1. The first-order valence-electron chi connectivity index (χ1n) is 5.64. The first-order chi connectivity index (χ1) is 9.08. The molecule has 0 spiro atoms. The highest BCUT2D eigenvalue weighted by Gasteiger charge is 2.19. The maximum absolute atomic E-state index is 10.3. The van der Waals surface area contributed by atoms with E-state index in [1.54, 1.807) is 12.1 Å². The Morgan fingerprint density at radius 1 is 1.37 bits per heavy atom. The van der Waals surface area contributed by atoms with Crippen molar-refractivity contribution < 1.29 is 29.2 Å². The molecule has 0 bridgehead atoms. The summed E-state index contributed by atoms with van der Waals surface area (Å²) >= 11 is 3.33. The van der Waals surface area contributed by atoms with Crippen molar-refractivity contribution in [2.24, 2.45) is 0 Å². The number of carboxylic acids is 1. The Balaban J connectivity index is 2.08. The molecule has 0 saturated heterocycles. The summed E-state index contributed by atoms with van der Waals surface area (Å²) in [5.41, 5.74) is 0.564. The summed E-state index contributed by atoms with van der Waals surface area (Å²) in [6.07, 6.45) is -0.940. The minimum atomic E-state index is -1.08. The number of hydrogen-bond donors (Lipinski definition) is 2. The maximum Gasteiger partial charge on any atom is 0.329 e. The van der Waals surface area contributed by atoms with Gasteiger partial charge in [-0.3, -0.25) is 0 Å². The monoisotopic (exact) mass is 332 g/mol. The number of aliphatic hydroxyl groups is 1. The molecule has 0 amide bonds. The number of benzene rings is 1. The molecule has 0 fully saturated rings. The van der Waals surface area contributed by atoms with E-state index < -0.39 is 18.7 Å². The van der Waals surface area contributed by atoms with E-state index in [0.717, 1.165) is 0 Å². The van der Waals surface area contributed by atoms with Gasteiger partial charge in [0.1, 0.15) is 25.9 Å². The third-order valence-electron chi connectivity index (χ3n) is 2.52. The molecule has 6 nitrogen and oxygen atoms in total. The molecule has 1 aliphatic rings. The van der Waals surface area contributed by atoms with Crippen LogP contribution in [0, 0.1) is 0 Å². The number of ether oxygens (including phenoxy) is 3. The number of hydrogen-bond acceptors (Lipinski definition) is 5. The highest BCUT2D eigenvalue weighted by Crippen LogP contribution is 2.37. The van der Waals surface area contributed by atoms with E-state index in [0.29, 0.717) is 34.7 Å². The molecule has 0 aromatic heterocycles. The molecule has 0 aliphatic carbocycles. The number of aliphatic hydroxyl groups excluding tert-OH is 1. The van der Waals surface area contributed by atoms with Gasteiger partial charge in [0.05, 0.1) is 6.61 Å². The Labute approximate surface area is 118 Å². The standard InChI is InChI=1S/C12H13BrO6/c13-8-4-11-10(18-1-2-19-11)3-7(8)9(14)5-17-6-12(15)16/h3-4,9,14H,1-2,5-6H2,(H,15,16). The van der Waals surface area contributed by atoms with Crippen LogP contribution in [-0.2, 0) is 9.53 Å². The third-order valence-corrected chi connectivity index (χ3v) is 3.21. The summed E-state index contributed by atoms with van der Waals surface area (Å²) in [6.45, 7) is 0.395. The Hall–Kier alpha value is -1.31. The summed E-state index contributed by atoms with van der Waals surface area (Å²) in [4.78, 5) is 10.3. The van der Waals surface area contributed by atoms with Crippen molar-refractivity contribution in [3.63, 3.8) is 0 Å².